The van der Waals surface area contributed by atoms with Crippen molar-refractivity contribution < 1.29 is 0 Å². The summed E-state index contributed by atoms with van der Waals surface area (Å²) in [6.07, 6.45) is 0. The first kappa shape index (κ1) is 9.61. The molecule has 3 rings (SSSR count). The normalized spacial score (nSPS) is 16.2. The van der Waals surface area contributed by atoms with Crippen molar-refractivity contribution in [2.24, 2.45) is 0 Å². The minimum Gasteiger partial charge on any atom is -0.132 e. The highest BCUT2D eigenvalue weighted by Crippen LogP contribution is 2.52. The molecule has 0 saturated heterocycles. The molecule has 0 spiro atoms. The minimum absolute atomic E-state index is 0.169. The Bertz CT molecular complexity index is 537. The number of benzene rings is 1. The summed E-state index contributed by atoms with van der Waals surface area (Å²) in [5, 5.41) is 0. The van der Waals surface area contributed by atoms with E-state index in [2.05, 4.69) is 60.1 Å². The molecule has 0 bridgehead atoms. The molecule has 1 aromatic carbocycles. The van der Waals surface area contributed by atoms with Gasteiger partial charge in [0.05, 0.1) is 3.79 Å². The highest BCUT2D eigenvalue weighted by molar-refractivity contribution is 9.11. The van der Waals surface area contributed by atoms with Crippen LogP contribution in [0.5, 0.6) is 0 Å². The largest absolute Gasteiger partial charge is 0.132 e. The topological polar surface area (TPSA) is 0 Å². The van der Waals surface area contributed by atoms with Crippen molar-refractivity contribution >= 4 is 27.3 Å². The number of halogens is 1. The highest BCUT2D eigenvalue weighted by Gasteiger charge is 2.36. The molecule has 1 aliphatic carbocycles. The predicted molar refractivity (Wildman–Crippen MR) is 69.6 cm³/mol. The SMILES string of the molecule is CC1(C)c2ccccc2-c2cc(Br)sc21. The molecule has 0 amide bonds. The van der Waals surface area contributed by atoms with Gasteiger partial charge in [-0.25, -0.2) is 0 Å². The van der Waals surface area contributed by atoms with Gasteiger partial charge in [0, 0.05) is 10.3 Å². The van der Waals surface area contributed by atoms with Crippen LogP contribution < -0.4 is 0 Å². The fourth-order valence-electron chi connectivity index (χ4n) is 2.41. The van der Waals surface area contributed by atoms with E-state index in [1.54, 1.807) is 0 Å². The number of rotatable bonds is 0. The van der Waals surface area contributed by atoms with E-state index in [-0.39, 0.29) is 5.41 Å². The smallest absolute Gasteiger partial charge is 0.0708 e. The molecule has 2 aromatic rings. The van der Waals surface area contributed by atoms with Gasteiger partial charge in [-0.1, -0.05) is 38.1 Å². The van der Waals surface area contributed by atoms with Crippen LogP contribution in [0.3, 0.4) is 0 Å². The molecule has 1 heterocycles. The molecular weight excluding hydrogens is 268 g/mol. The summed E-state index contributed by atoms with van der Waals surface area (Å²) in [6, 6.07) is 11.0. The van der Waals surface area contributed by atoms with E-state index in [0.29, 0.717) is 0 Å². The van der Waals surface area contributed by atoms with Crippen LogP contribution in [0.1, 0.15) is 24.3 Å². The van der Waals surface area contributed by atoms with Crippen molar-refractivity contribution in [2.75, 3.05) is 0 Å². The molecular formula is C13H11BrS. The van der Waals surface area contributed by atoms with Gasteiger partial charge < -0.3 is 0 Å². The average molecular weight is 279 g/mol. The van der Waals surface area contributed by atoms with E-state index < -0.39 is 0 Å². The van der Waals surface area contributed by atoms with Gasteiger partial charge in [-0.3, -0.25) is 0 Å². The number of hydrogen-bond acceptors (Lipinski definition) is 1. The molecule has 0 unspecified atom stereocenters. The fraction of sp³-hybridized carbons (Fsp3) is 0.231. The molecule has 0 atom stereocenters. The maximum Gasteiger partial charge on any atom is 0.0708 e. The monoisotopic (exact) mass is 278 g/mol. The second-order valence-corrected chi connectivity index (χ2v) is 6.90. The molecule has 1 aliphatic rings. The van der Waals surface area contributed by atoms with Crippen molar-refractivity contribution in [1.82, 2.24) is 0 Å². The Kier molecular flexibility index (Phi) is 1.89. The van der Waals surface area contributed by atoms with E-state index in [9.17, 15) is 0 Å². The second kappa shape index (κ2) is 2.96. The van der Waals surface area contributed by atoms with E-state index in [1.807, 2.05) is 11.3 Å². The summed E-state index contributed by atoms with van der Waals surface area (Å²) < 4.78 is 1.23. The Morgan fingerprint density at radius 3 is 2.67 bits per heavy atom. The van der Waals surface area contributed by atoms with E-state index in [1.165, 1.54) is 25.4 Å². The Balaban J connectivity index is 2.40. The van der Waals surface area contributed by atoms with Gasteiger partial charge in [0.15, 0.2) is 0 Å². The quantitative estimate of drug-likeness (QED) is 0.648. The standard InChI is InChI=1S/C13H11BrS/c1-13(2)10-6-4-3-5-8(10)9-7-11(14)15-12(9)13/h3-7H,1-2H3. The maximum absolute atomic E-state index is 3.58. The Hall–Kier alpha value is -0.600. The van der Waals surface area contributed by atoms with Gasteiger partial charge in [0.2, 0.25) is 0 Å². The van der Waals surface area contributed by atoms with Crippen molar-refractivity contribution in [3.05, 3.63) is 44.6 Å². The number of hydrogen-bond donors (Lipinski definition) is 0. The van der Waals surface area contributed by atoms with Crippen molar-refractivity contribution in [1.29, 1.82) is 0 Å². The van der Waals surface area contributed by atoms with Gasteiger partial charge in [-0.2, -0.15) is 0 Å². The molecule has 0 N–H and O–H groups in total. The molecule has 1 aromatic heterocycles. The Labute approximate surface area is 102 Å². The summed E-state index contributed by atoms with van der Waals surface area (Å²) >= 11 is 5.44. The van der Waals surface area contributed by atoms with E-state index in [4.69, 9.17) is 0 Å². The zero-order valence-electron chi connectivity index (χ0n) is 8.67. The molecule has 0 radical (unpaired) electrons. The minimum atomic E-state index is 0.169. The third-order valence-electron chi connectivity index (χ3n) is 3.16. The summed E-state index contributed by atoms with van der Waals surface area (Å²) in [5.41, 5.74) is 4.44. The van der Waals surface area contributed by atoms with Crippen LogP contribution in [0.15, 0.2) is 34.1 Å². The lowest BCUT2D eigenvalue weighted by Gasteiger charge is -2.19. The molecule has 0 aliphatic heterocycles. The van der Waals surface area contributed by atoms with Crippen LogP contribution >= 0.6 is 27.3 Å². The third kappa shape index (κ3) is 1.18. The first-order valence-corrected chi connectivity index (χ1v) is 6.61. The summed E-state index contributed by atoms with van der Waals surface area (Å²) in [5.74, 6) is 0. The van der Waals surface area contributed by atoms with E-state index >= 15 is 0 Å². The van der Waals surface area contributed by atoms with Crippen molar-refractivity contribution in [2.45, 2.75) is 19.3 Å². The number of thiophene rings is 1. The lowest BCUT2D eigenvalue weighted by molar-refractivity contribution is 0.674. The zero-order chi connectivity index (χ0) is 10.6. The van der Waals surface area contributed by atoms with Crippen LogP contribution in [-0.2, 0) is 5.41 Å². The van der Waals surface area contributed by atoms with Crippen LogP contribution in [0.2, 0.25) is 0 Å². The molecule has 2 heteroatoms. The first-order chi connectivity index (χ1) is 7.10. The average Bonchev–Trinajstić information content (AvgIpc) is 2.68. The van der Waals surface area contributed by atoms with Crippen LogP contribution in [0.25, 0.3) is 11.1 Å². The van der Waals surface area contributed by atoms with Gasteiger partial charge >= 0.3 is 0 Å². The molecule has 0 nitrogen and oxygen atoms in total. The zero-order valence-corrected chi connectivity index (χ0v) is 11.1. The lowest BCUT2D eigenvalue weighted by Crippen LogP contribution is -2.13. The molecule has 0 fully saturated rings. The molecule has 76 valence electrons. The summed E-state index contributed by atoms with van der Waals surface area (Å²) in [7, 11) is 0. The van der Waals surface area contributed by atoms with Crippen molar-refractivity contribution in [3.63, 3.8) is 0 Å². The lowest BCUT2D eigenvalue weighted by atomic mass is 9.87. The van der Waals surface area contributed by atoms with Gasteiger partial charge in [-0.05, 0) is 38.7 Å². The first-order valence-electron chi connectivity index (χ1n) is 5.00. The van der Waals surface area contributed by atoms with Crippen LogP contribution in [-0.4, -0.2) is 0 Å². The summed E-state index contributed by atoms with van der Waals surface area (Å²) in [6.45, 7) is 4.61. The van der Waals surface area contributed by atoms with Gasteiger partial charge in [-0.15, -0.1) is 11.3 Å². The van der Waals surface area contributed by atoms with Gasteiger partial charge in [0.1, 0.15) is 0 Å². The summed E-state index contributed by atoms with van der Waals surface area (Å²) in [4.78, 5) is 1.48. The van der Waals surface area contributed by atoms with E-state index in [0.717, 1.165) is 0 Å². The fourth-order valence-corrected chi connectivity index (χ4v) is 4.14. The van der Waals surface area contributed by atoms with Crippen LogP contribution in [0.4, 0.5) is 0 Å². The predicted octanol–water partition coefficient (Wildman–Crippen LogP) is 4.82. The highest BCUT2D eigenvalue weighted by atomic mass is 79.9. The Morgan fingerprint density at radius 1 is 1.13 bits per heavy atom. The third-order valence-corrected chi connectivity index (χ3v) is 5.12. The molecule has 0 saturated carbocycles. The van der Waals surface area contributed by atoms with Gasteiger partial charge in [0.25, 0.3) is 0 Å². The second-order valence-electron chi connectivity index (χ2n) is 4.46. The Morgan fingerprint density at radius 2 is 1.87 bits per heavy atom. The van der Waals surface area contributed by atoms with Crippen LogP contribution in [0, 0.1) is 0 Å². The molecule has 15 heavy (non-hydrogen) atoms. The maximum atomic E-state index is 3.58. The number of fused-ring (bicyclic) bond motifs is 3. The van der Waals surface area contributed by atoms with Crippen molar-refractivity contribution in [3.8, 4) is 11.1 Å².